The Morgan fingerprint density at radius 3 is 2.56 bits per heavy atom. The number of piperidine rings is 1. The summed E-state index contributed by atoms with van der Waals surface area (Å²) in [5, 5.41) is 17.5. The van der Waals surface area contributed by atoms with E-state index < -0.39 is 11.2 Å². The lowest BCUT2D eigenvalue weighted by Gasteiger charge is -2.34. The molecule has 3 N–H and O–H groups in total. The Bertz CT molecular complexity index is 771. The number of carbonyl (C=O) groups excluding carboxylic acids is 1. The maximum Gasteiger partial charge on any atom is 0.410 e. The number of guanidine groups is 1. The first-order valence-corrected chi connectivity index (χ1v) is 11.2. The third-order valence-electron chi connectivity index (χ3n) is 5.24. The second-order valence-electron chi connectivity index (χ2n) is 9.61. The molecule has 2 rings (SSSR count). The molecule has 2 unspecified atom stereocenters. The van der Waals surface area contributed by atoms with Crippen LogP contribution in [0.5, 0.6) is 0 Å². The number of aliphatic imine (C=N–C) groups is 1. The van der Waals surface area contributed by atoms with Crippen molar-refractivity contribution in [3.8, 4) is 0 Å². The number of halogens is 1. The summed E-state index contributed by atoms with van der Waals surface area (Å²) < 4.78 is 11.1. The molecule has 0 radical (unpaired) electrons. The van der Waals surface area contributed by atoms with Crippen molar-refractivity contribution in [3.05, 3.63) is 23.2 Å². The van der Waals surface area contributed by atoms with Gasteiger partial charge in [0.15, 0.2) is 5.96 Å². The molecular formula is C23H41IN4O4. The van der Waals surface area contributed by atoms with E-state index in [-0.39, 0.29) is 36.6 Å². The van der Waals surface area contributed by atoms with Gasteiger partial charge in [0.1, 0.15) is 22.7 Å². The molecule has 1 amide bonds. The second-order valence-corrected chi connectivity index (χ2v) is 9.61. The van der Waals surface area contributed by atoms with Gasteiger partial charge in [-0.15, -0.1) is 24.0 Å². The Labute approximate surface area is 209 Å². The Morgan fingerprint density at radius 2 is 2.00 bits per heavy atom. The average molecular weight is 565 g/mol. The third kappa shape index (κ3) is 8.80. The highest BCUT2D eigenvalue weighted by Gasteiger charge is 2.29. The number of aliphatic hydroxyl groups is 1. The van der Waals surface area contributed by atoms with Gasteiger partial charge >= 0.3 is 6.09 Å². The van der Waals surface area contributed by atoms with Crippen molar-refractivity contribution >= 4 is 36.0 Å². The predicted molar refractivity (Wildman–Crippen MR) is 138 cm³/mol. The van der Waals surface area contributed by atoms with E-state index in [0.29, 0.717) is 37.3 Å². The van der Waals surface area contributed by atoms with Gasteiger partial charge in [0, 0.05) is 31.7 Å². The van der Waals surface area contributed by atoms with Gasteiger partial charge in [-0.05, 0) is 73.3 Å². The molecule has 1 saturated heterocycles. The lowest BCUT2D eigenvalue weighted by Crippen LogP contribution is -2.47. The van der Waals surface area contributed by atoms with Gasteiger partial charge in [-0.25, -0.2) is 9.79 Å². The number of ether oxygens (including phenoxy) is 1. The molecule has 1 aromatic rings. The molecule has 0 saturated carbocycles. The van der Waals surface area contributed by atoms with E-state index in [1.807, 2.05) is 47.6 Å². The first-order valence-electron chi connectivity index (χ1n) is 11.2. The van der Waals surface area contributed by atoms with E-state index in [9.17, 15) is 9.90 Å². The van der Waals surface area contributed by atoms with Crippen molar-refractivity contribution in [3.63, 3.8) is 0 Å². The molecule has 2 heterocycles. The fourth-order valence-electron chi connectivity index (χ4n) is 3.79. The Hall–Kier alpha value is -1.49. The summed E-state index contributed by atoms with van der Waals surface area (Å²) in [4.78, 5) is 18.8. The molecule has 0 aromatic carbocycles. The van der Waals surface area contributed by atoms with Crippen LogP contribution < -0.4 is 10.6 Å². The van der Waals surface area contributed by atoms with Crippen LogP contribution in [0.25, 0.3) is 0 Å². The Balaban J connectivity index is 0.00000512. The zero-order valence-corrected chi connectivity index (χ0v) is 22.9. The molecule has 1 fully saturated rings. The highest BCUT2D eigenvalue weighted by atomic mass is 127. The minimum atomic E-state index is -1.12. The molecule has 1 aliphatic rings. The van der Waals surface area contributed by atoms with Crippen LogP contribution in [0.3, 0.4) is 0 Å². The van der Waals surface area contributed by atoms with Gasteiger partial charge < -0.3 is 29.8 Å². The van der Waals surface area contributed by atoms with E-state index in [4.69, 9.17) is 9.15 Å². The number of likely N-dealkylation sites (tertiary alicyclic amines) is 1. The van der Waals surface area contributed by atoms with Gasteiger partial charge in [-0.1, -0.05) is 0 Å². The Kier molecular flexibility index (Phi) is 10.8. The lowest BCUT2D eigenvalue weighted by molar-refractivity contribution is 0.0168. The molecule has 0 spiro atoms. The Morgan fingerprint density at radius 1 is 1.31 bits per heavy atom. The normalized spacial score (nSPS) is 19.1. The maximum atomic E-state index is 12.4. The highest BCUT2D eigenvalue weighted by Crippen LogP contribution is 2.27. The SMILES string of the molecule is CCNC(=NCC(C)(O)c1cc(C)oc1C)NCC1CCCN(C(=O)OC(C)(C)C)C1.I. The van der Waals surface area contributed by atoms with E-state index in [1.165, 1.54) is 0 Å². The summed E-state index contributed by atoms with van der Waals surface area (Å²) in [6.07, 6.45) is 1.74. The van der Waals surface area contributed by atoms with Gasteiger partial charge in [0.25, 0.3) is 0 Å². The number of furan rings is 1. The standard InChI is InChI=1S/C23H40N4O4.HI/c1-8-24-20(26-15-23(7,29)19-12-16(2)30-17(19)3)25-13-18-10-9-11-27(14-18)21(28)31-22(4,5)6;/h12,18,29H,8-11,13-15H2,1-7H3,(H2,24,25,26);1H. The van der Waals surface area contributed by atoms with E-state index in [2.05, 4.69) is 15.6 Å². The second kappa shape index (κ2) is 12.1. The van der Waals surface area contributed by atoms with Gasteiger partial charge in [-0.3, -0.25) is 0 Å². The molecule has 0 aliphatic carbocycles. The number of nitrogens with one attached hydrogen (secondary N) is 2. The van der Waals surface area contributed by atoms with Crippen LogP contribution in [0.4, 0.5) is 4.79 Å². The molecule has 1 aromatic heterocycles. The maximum absolute atomic E-state index is 12.4. The largest absolute Gasteiger partial charge is 0.466 e. The van der Waals surface area contributed by atoms with Gasteiger partial charge in [-0.2, -0.15) is 0 Å². The molecule has 8 nitrogen and oxygen atoms in total. The topological polar surface area (TPSA) is 99.3 Å². The van der Waals surface area contributed by atoms with Crippen LogP contribution in [0.2, 0.25) is 0 Å². The number of aryl methyl sites for hydroxylation is 2. The number of carbonyl (C=O) groups is 1. The number of nitrogens with zero attached hydrogens (tertiary/aromatic N) is 2. The molecule has 0 bridgehead atoms. The van der Waals surface area contributed by atoms with Crippen molar-refractivity contribution in [2.24, 2.45) is 10.9 Å². The van der Waals surface area contributed by atoms with Crippen LogP contribution in [0.1, 0.15) is 64.5 Å². The molecule has 32 heavy (non-hydrogen) atoms. The zero-order chi connectivity index (χ0) is 23.2. The number of rotatable bonds is 6. The quantitative estimate of drug-likeness (QED) is 0.275. The summed E-state index contributed by atoms with van der Waals surface area (Å²) in [5.41, 5.74) is -0.858. The van der Waals surface area contributed by atoms with Crippen molar-refractivity contribution in [2.45, 2.75) is 72.5 Å². The van der Waals surface area contributed by atoms with Crippen LogP contribution in [0.15, 0.2) is 15.5 Å². The molecule has 1 aliphatic heterocycles. The van der Waals surface area contributed by atoms with Crippen molar-refractivity contribution in [1.82, 2.24) is 15.5 Å². The summed E-state index contributed by atoms with van der Waals surface area (Å²) in [6, 6.07) is 1.86. The van der Waals surface area contributed by atoms with E-state index in [0.717, 1.165) is 30.7 Å². The highest BCUT2D eigenvalue weighted by molar-refractivity contribution is 14.0. The average Bonchev–Trinajstić information content (AvgIpc) is 3.02. The van der Waals surface area contributed by atoms with Crippen molar-refractivity contribution in [1.29, 1.82) is 0 Å². The summed E-state index contributed by atoms with van der Waals surface area (Å²) in [6.45, 7) is 16.1. The van der Waals surface area contributed by atoms with Crippen molar-refractivity contribution in [2.75, 3.05) is 32.7 Å². The first kappa shape index (κ1) is 28.5. The summed E-state index contributed by atoms with van der Waals surface area (Å²) in [7, 11) is 0. The summed E-state index contributed by atoms with van der Waals surface area (Å²) >= 11 is 0. The van der Waals surface area contributed by atoms with Crippen molar-refractivity contribution < 1.29 is 19.1 Å². The number of hydrogen-bond acceptors (Lipinski definition) is 5. The molecule has 184 valence electrons. The number of amides is 1. The van der Waals surface area contributed by atoms with Crippen LogP contribution in [-0.4, -0.2) is 60.4 Å². The first-order chi connectivity index (χ1) is 14.4. The van der Waals surface area contributed by atoms with Crippen LogP contribution in [-0.2, 0) is 10.3 Å². The van der Waals surface area contributed by atoms with E-state index >= 15 is 0 Å². The molecular weight excluding hydrogens is 523 g/mol. The smallest absolute Gasteiger partial charge is 0.410 e. The predicted octanol–water partition coefficient (Wildman–Crippen LogP) is 3.92. The van der Waals surface area contributed by atoms with E-state index in [1.54, 1.807) is 11.8 Å². The molecule has 9 heteroatoms. The minimum absolute atomic E-state index is 0. The minimum Gasteiger partial charge on any atom is -0.466 e. The monoisotopic (exact) mass is 564 g/mol. The third-order valence-corrected chi connectivity index (χ3v) is 5.24. The fourth-order valence-corrected chi connectivity index (χ4v) is 3.79. The van der Waals surface area contributed by atoms with Gasteiger partial charge in [0.2, 0.25) is 0 Å². The summed E-state index contributed by atoms with van der Waals surface area (Å²) in [5.74, 6) is 2.44. The zero-order valence-electron chi connectivity index (χ0n) is 20.6. The van der Waals surface area contributed by atoms with Crippen LogP contribution >= 0.6 is 24.0 Å². The number of hydrogen-bond donors (Lipinski definition) is 3. The lowest BCUT2D eigenvalue weighted by atomic mass is 9.96. The molecule has 2 atom stereocenters. The fraction of sp³-hybridized carbons (Fsp3) is 0.739. The van der Waals surface area contributed by atoms with Crippen LogP contribution in [0, 0.1) is 19.8 Å². The van der Waals surface area contributed by atoms with Gasteiger partial charge in [0.05, 0.1) is 6.54 Å².